The molecule has 0 spiro atoms. The Morgan fingerprint density at radius 1 is 1.08 bits per heavy atom. The number of carboxylic acid groups (broad SMARTS) is 1. The summed E-state index contributed by atoms with van der Waals surface area (Å²) in [5.74, 6) is -0.663. The van der Waals surface area contributed by atoms with Crippen molar-refractivity contribution < 1.29 is 23.1 Å². The maximum atomic E-state index is 12.7. The van der Waals surface area contributed by atoms with E-state index < -0.39 is 16.0 Å². The second-order valence-corrected chi connectivity index (χ2v) is 7.83. The maximum absolute atomic E-state index is 12.7. The van der Waals surface area contributed by atoms with E-state index in [9.17, 15) is 18.3 Å². The Kier molecular flexibility index (Phi) is 4.78. The number of hydrogen-bond acceptors (Lipinski definition) is 4. The van der Waals surface area contributed by atoms with E-state index in [1.807, 2.05) is 0 Å². The summed E-state index contributed by atoms with van der Waals surface area (Å²) in [7, 11) is -2.07. The number of sulfonamides is 1. The van der Waals surface area contributed by atoms with Gasteiger partial charge in [-0.15, -0.1) is 0 Å². The van der Waals surface area contributed by atoms with E-state index in [-0.39, 0.29) is 10.5 Å². The number of methoxy groups -OCH3 is 1. The van der Waals surface area contributed by atoms with E-state index in [0.29, 0.717) is 30.0 Å². The molecule has 1 aliphatic rings. The van der Waals surface area contributed by atoms with Gasteiger partial charge in [-0.1, -0.05) is 12.1 Å². The number of rotatable bonds is 5. The summed E-state index contributed by atoms with van der Waals surface area (Å²) in [5, 5.41) is 9.25. The van der Waals surface area contributed by atoms with Crippen LogP contribution >= 0.6 is 0 Å². The third kappa shape index (κ3) is 3.52. The van der Waals surface area contributed by atoms with Crippen molar-refractivity contribution in [1.82, 2.24) is 4.31 Å². The lowest BCUT2D eigenvalue weighted by atomic mass is 10.0. The molecule has 0 aromatic heterocycles. The van der Waals surface area contributed by atoms with Gasteiger partial charge in [0, 0.05) is 13.1 Å². The summed E-state index contributed by atoms with van der Waals surface area (Å²) >= 11 is 0. The molecule has 1 saturated heterocycles. The number of ether oxygens (including phenoxy) is 1. The molecule has 0 bridgehead atoms. The fraction of sp³-hybridized carbons (Fsp3) is 0.278. The van der Waals surface area contributed by atoms with E-state index in [1.54, 1.807) is 30.3 Å². The molecule has 0 saturated carbocycles. The molecule has 0 amide bonds. The highest BCUT2D eigenvalue weighted by molar-refractivity contribution is 7.89. The summed E-state index contributed by atoms with van der Waals surface area (Å²) in [6.07, 6.45) is 1.74. The highest BCUT2D eigenvalue weighted by Crippen LogP contribution is 2.29. The van der Waals surface area contributed by atoms with Gasteiger partial charge in [-0.3, -0.25) is 0 Å². The Bertz CT molecular complexity index is 901. The van der Waals surface area contributed by atoms with Crippen molar-refractivity contribution in [2.75, 3.05) is 20.2 Å². The molecule has 132 valence electrons. The second-order valence-electron chi connectivity index (χ2n) is 5.89. The summed E-state index contributed by atoms with van der Waals surface area (Å²) < 4.78 is 32.1. The highest BCUT2D eigenvalue weighted by Gasteiger charge is 2.27. The van der Waals surface area contributed by atoms with Crippen LogP contribution in [-0.4, -0.2) is 44.0 Å². The normalized spacial score (nSPS) is 15.2. The van der Waals surface area contributed by atoms with Gasteiger partial charge in [0.25, 0.3) is 0 Å². The van der Waals surface area contributed by atoms with Crippen molar-refractivity contribution in [3.05, 3.63) is 48.0 Å². The SMILES string of the molecule is COc1cc(C(=O)O)cc(-c2cccc(S(=O)(=O)N3CCCC3)c2)c1. The standard InChI is InChI=1S/C18H19NO5S/c1-24-16-10-14(9-15(11-16)18(20)21)13-5-4-6-17(12-13)25(22,23)19-7-2-3-8-19/h4-6,9-12H,2-3,7-8H2,1H3,(H,20,21). The average molecular weight is 361 g/mol. The van der Waals surface area contributed by atoms with Crippen LogP contribution in [0.4, 0.5) is 0 Å². The molecule has 1 heterocycles. The average Bonchev–Trinajstić information content (AvgIpc) is 3.17. The van der Waals surface area contributed by atoms with Crippen LogP contribution in [0.15, 0.2) is 47.4 Å². The quantitative estimate of drug-likeness (QED) is 0.885. The van der Waals surface area contributed by atoms with E-state index in [1.165, 1.54) is 23.5 Å². The number of nitrogens with zero attached hydrogens (tertiary/aromatic N) is 1. The van der Waals surface area contributed by atoms with E-state index in [2.05, 4.69) is 0 Å². The van der Waals surface area contributed by atoms with Crippen molar-refractivity contribution in [2.45, 2.75) is 17.7 Å². The van der Waals surface area contributed by atoms with Crippen molar-refractivity contribution >= 4 is 16.0 Å². The fourth-order valence-electron chi connectivity index (χ4n) is 2.92. The molecule has 2 aromatic rings. The minimum absolute atomic E-state index is 0.0853. The lowest BCUT2D eigenvalue weighted by molar-refractivity contribution is 0.0696. The first-order valence-electron chi connectivity index (χ1n) is 7.95. The predicted molar refractivity (Wildman–Crippen MR) is 93.4 cm³/mol. The Balaban J connectivity index is 2.05. The van der Waals surface area contributed by atoms with Crippen LogP contribution in [0.2, 0.25) is 0 Å². The largest absolute Gasteiger partial charge is 0.497 e. The molecule has 25 heavy (non-hydrogen) atoms. The minimum Gasteiger partial charge on any atom is -0.497 e. The number of aromatic carboxylic acids is 1. The predicted octanol–water partition coefficient (Wildman–Crippen LogP) is 2.84. The number of carbonyl (C=O) groups is 1. The van der Waals surface area contributed by atoms with Crippen molar-refractivity contribution in [3.63, 3.8) is 0 Å². The third-order valence-electron chi connectivity index (χ3n) is 4.26. The molecule has 1 fully saturated rings. The lowest BCUT2D eigenvalue weighted by Gasteiger charge is -2.16. The molecule has 1 aliphatic heterocycles. The van der Waals surface area contributed by atoms with Gasteiger partial charge in [0.2, 0.25) is 10.0 Å². The van der Waals surface area contributed by atoms with Crippen LogP contribution in [0.3, 0.4) is 0 Å². The van der Waals surface area contributed by atoms with E-state index >= 15 is 0 Å². The summed E-state index contributed by atoms with van der Waals surface area (Å²) in [6, 6.07) is 11.2. The third-order valence-corrected chi connectivity index (χ3v) is 6.15. The zero-order valence-electron chi connectivity index (χ0n) is 13.8. The van der Waals surface area contributed by atoms with Gasteiger partial charge in [0.05, 0.1) is 17.6 Å². The molecule has 0 unspecified atom stereocenters. The molecule has 6 nitrogen and oxygen atoms in total. The molecule has 0 radical (unpaired) electrons. The zero-order chi connectivity index (χ0) is 18.0. The van der Waals surface area contributed by atoms with Crippen LogP contribution in [0.1, 0.15) is 23.2 Å². The van der Waals surface area contributed by atoms with Crippen molar-refractivity contribution in [1.29, 1.82) is 0 Å². The molecule has 0 atom stereocenters. The first-order chi connectivity index (χ1) is 11.9. The molecule has 0 aliphatic carbocycles. The Labute approximate surface area is 146 Å². The van der Waals surface area contributed by atoms with Crippen LogP contribution in [0, 0.1) is 0 Å². The molecule has 2 aromatic carbocycles. The first-order valence-corrected chi connectivity index (χ1v) is 9.39. The molecule has 1 N–H and O–H groups in total. The molecular weight excluding hydrogens is 342 g/mol. The highest BCUT2D eigenvalue weighted by atomic mass is 32.2. The van der Waals surface area contributed by atoms with Gasteiger partial charge >= 0.3 is 5.97 Å². The van der Waals surface area contributed by atoms with Gasteiger partial charge in [-0.2, -0.15) is 4.31 Å². The molecular formula is C18H19NO5S. The maximum Gasteiger partial charge on any atom is 0.335 e. The minimum atomic E-state index is -3.53. The summed E-state index contributed by atoms with van der Waals surface area (Å²) in [6.45, 7) is 1.07. The van der Waals surface area contributed by atoms with Crippen LogP contribution in [0.5, 0.6) is 5.75 Å². The number of hydrogen-bond donors (Lipinski definition) is 1. The number of carboxylic acids is 1. The molecule has 7 heteroatoms. The van der Waals surface area contributed by atoms with Crippen molar-refractivity contribution in [3.8, 4) is 16.9 Å². The summed E-state index contributed by atoms with van der Waals surface area (Å²) in [5.41, 5.74) is 1.30. The van der Waals surface area contributed by atoms with Gasteiger partial charge in [-0.05, 0) is 54.3 Å². The van der Waals surface area contributed by atoms with Crippen molar-refractivity contribution in [2.24, 2.45) is 0 Å². The topological polar surface area (TPSA) is 83.9 Å². The second kappa shape index (κ2) is 6.85. The van der Waals surface area contributed by atoms with Gasteiger partial charge in [-0.25, -0.2) is 13.2 Å². The van der Waals surface area contributed by atoms with Gasteiger partial charge < -0.3 is 9.84 Å². The Morgan fingerprint density at radius 3 is 2.44 bits per heavy atom. The first kappa shape index (κ1) is 17.4. The summed E-state index contributed by atoms with van der Waals surface area (Å²) in [4.78, 5) is 11.5. The fourth-order valence-corrected chi connectivity index (χ4v) is 4.48. The Morgan fingerprint density at radius 2 is 1.80 bits per heavy atom. The molecule has 3 rings (SSSR count). The van der Waals surface area contributed by atoms with Gasteiger partial charge in [0.1, 0.15) is 5.75 Å². The van der Waals surface area contributed by atoms with E-state index in [4.69, 9.17) is 4.74 Å². The lowest BCUT2D eigenvalue weighted by Crippen LogP contribution is -2.27. The Hall–Kier alpha value is -2.38. The van der Waals surface area contributed by atoms with E-state index in [0.717, 1.165) is 12.8 Å². The van der Waals surface area contributed by atoms with Crippen LogP contribution in [0.25, 0.3) is 11.1 Å². The van der Waals surface area contributed by atoms with Crippen LogP contribution in [-0.2, 0) is 10.0 Å². The zero-order valence-corrected chi connectivity index (χ0v) is 14.6. The smallest absolute Gasteiger partial charge is 0.335 e. The number of benzene rings is 2. The van der Waals surface area contributed by atoms with Crippen LogP contribution < -0.4 is 4.74 Å². The van der Waals surface area contributed by atoms with Gasteiger partial charge in [0.15, 0.2) is 0 Å². The monoisotopic (exact) mass is 361 g/mol.